The van der Waals surface area contributed by atoms with Crippen LogP contribution in [-0.2, 0) is 0 Å². The lowest BCUT2D eigenvalue weighted by Gasteiger charge is -2.10. The third-order valence-electron chi connectivity index (χ3n) is 2.00. The summed E-state index contributed by atoms with van der Waals surface area (Å²) in [5.74, 6) is 0. The fraction of sp³-hybridized carbons (Fsp3) is 0.182. The molecule has 0 spiro atoms. The maximum atomic E-state index is 10.6. The van der Waals surface area contributed by atoms with Crippen molar-refractivity contribution < 1.29 is 4.92 Å². The summed E-state index contributed by atoms with van der Waals surface area (Å²) in [4.78, 5) is 10.1. The molecule has 0 aliphatic heterocycles. The third kappa shape index (κ3) is 3.57. The highest BCUT2D eigenvalue weighted by Crippen LogP contribution is 2.18. The summed E-state index contributed by atoms with van der Waals surface area (Å²) in [6, 6.07) is 0. The van der Waals surface area contributed by atoms with Crippen LogP contribution in [0, 0.1) is 15.5 Å². The lowest BCUT2D eigenvalue weighted by Crippen LogP contribution is -2.17. The highest BCUT2D eigenvalue weighted by atomic mass is 35.5. The van der Waals surface area contributed by atoms with Gasteiger partial charge < -0.3 is 10.7 Å². The van der Waals surface area contributed by atoms with Gasteiger partial charge in [0.25, 0.3) is 5.70 Å². The Morgan fingerprint density at radius 2 is 2.29 bits per heavy atom. The number of rotatable bonds is 4. The van der Waals surface area contributed by atoms with E-state index in [9.17, 15) is 10.1 Å². The van der Waals surface area contributed by atoms with E-state index in [-0.39, 0.29) is 16.6 Å². The van der Waals surface area contributed by atoms with Crippen molar-refractivity contribution >= 4 is 17.3 Å². The quantitative estimate of drug-likeness (QED) is 0.349. The van der Waals surface area contributed by atoms with Gasteiger partial charge in [0.05, 0.1) is 10.6 Å². The topological polar surface area (TPSA) is 79.0 Å². The number of hydrogen-bond donors (Lipinski definition) is 2. The van der Waals surface area contributed by atoms with Gasteiger partial charge in [0.2, 0.25) is 0 Å². The molecule has 1 aliphatic carbocycles. The lowest BCUT2D eigenvalue weighted by atomic mass is 10.0. The van der Waals surface area contributed by atoms with Crippen molar-refractivity contribution in [1.82, 2.24) is 5.32 Å². The number of allylic oxidation sites excluding steroid dienone is 4. The van der Waals surface area contributed by atoms with E-state index in [0.717, 1.165) is 5.57 Å². The first-order valence-corrected chi connectivity index (χ1v) is 5.20. The second kappa shape index (κ2) is 5.45. The van der Waals surface area contributed by atoms with Gasteiger partial charge in [0, 0.05) is 24.3 Å². The van der Waals surface area contributed by atoms with E-state index in [1.54, 1.807) is 0 Å². The maximum Gasteiger partial charge on any atom is 0.270 e. The molecule has 0 atom stereocenters. The second-order valence-electron chi connectivity index (χ2n) is 3.61. The molecule has 17 heavy (non-hydrogen) atoms. The molecular weight excluding hydrogens is 242 g/mol. The Balaban J connectivity index is 2.98. The largest absolute Gasteiger partial charge is 0.372 e. The van der Waals surface area contributed by atoms with Crippen LogP contribution >= 0.6 is 11.6 Å². The molecule has 5 nitrogen and oxygen atoms in total. The van der Waals surface area contributed by atoms with Crippen LogP contribution in [0.4, 0.5) is 0 Å². The molecule has 1 rings (SSSR count). The van der Waals surface area contributed by atoms with Crippen LogP contribution < -0.4 is 5.32 Å². The van der Waals surface area contributed by atoms with Crippen molar-refractivity contribution in [3.8, 4) is 0 Å². The van der Waals surface area contributed by atoms with E-state index in [4.69, 9.17) is 17.0 Å². The number of halogens is 1. The van der Waals surface area contributed by atoms with Gasteiger partial charge in [-0.2, -0.15) is 0 Å². The smallest absolute Gasteiger partial charge is 0.270 e. The number of nitrogens with zero attached hydrogens (tertiary/aromatic N) is 1. The van der Waals surface area contributed by atoms with Crippen molar-refractivity contribution in [2.45, 2.75) is 6.92 Å². The van der Waals surface area contributed by atoms with E-state index in [0.29, 0.717) is 12.1 Å². The fourth-order valence-electron chi connectivity index (χ4n) is 1.15. The van der Waals surface area contributed by atoms with Gasteiger partial charge in [0.1, 0.15) is 5.16 Å². The standard InChI is InChI=1S/C11H12ClN3O2/c1-7(2)6-14-11(12)9-5-8(15(16)17)3-4-10(9)13/h3-5,13-14H,1,6H2,2H3/b11-9-,13-10?. The number of nitro groups is 1. The molecule has 0 radical (unpaired) electrons. The molecule has 0 heterocycles. The fourth-order valence-corrected chi connectivity index (χ4v) is 1.37. The molecule has 2 N–H and O–H groups in total. The summed E-state index contributed by atoms with van der Waals surface area (Å²) >= 11 is 5.95. The zero-order chi connectivity index (χ0) is 13.0. The van der Waals surface area contributed by atoms with Gasteiger partial charge in [-0.05, 0) is 13.0 Å². The summed E-state index contributed by atoms with van der Waals surface area (Å²) < 4.78 is 0. The minimum atomic E-state index is -0.522. The van der Waals surface area contributed by atoms with Crippen molar-refractivity contribution in [2.24, 2.45) is 0 Å². The van der Waals surface area contributed by atoms with Crippen LogP contribution in [0.3, 0.4) is 0 Å². The van der Waals surface area contributed by atoms with Gasteiger partial charge in [0.15, 0.2) is 0 Å². The number of hydrogen-bond acceptors (Lipinski definition) is 4. The van der Waals surface area contributed by atoms with Crippen LogP contribution in [-0.4, -0.2) is 17.2 Å². The molecule has 6 heteroatoms. The zero-order valence-corrected chi connectivity index (χ0v) is 10.0. The van der Waals surface area contributed by atoms with Gasteiger partial charge in [-0.25, -0.2) is 0 Å². The zero-order valence-electron chi connectivity index (χ0n) is 9.29. The van der Waals surface area contributed by atoms with E-state index >= 15 is 0 Å². The molecule has 1 aliphatic rings. The summed E-state index contributed by atoms with van der Waals surface area (Å²) in [5.41, 5.74) is 1.23. The van der Waals surface area contributed by atoms with Crippen molar-refractivity contribution in [2.75, 3.05) is 6.54 Å². The van der Waals surface area contributed by atoms with Crippen molar-refractivity contribution in [3.63, 3.8) is 0 Å². The van der Waals surface area contributed by atoms with Crippen LogP contribution in [0.25, 0.3) is 0 Å². The Kier molecular flexibility index (Phi) is 4.23. The predicted octanol–water partition coefficient (Wildman–Crippen LogP) is 2.35. The average Bonchev–Trinajstić information content (AvgIpc) is 2.26. The molecule has 0 fully saturated rings. The highest BCUT2D eigenvalue weighted by Gasteiger charge is 2.17. The Hall–Kier alpha value is -1.88. The van der Waals surface area contributed by atoms with E-state index < -0.39 is 4.92 Å². The molecule has 90 valence electrons. The first kappa shape index (κ1) is 13.2. The molecule has 0 unspecified atom stereocenters. The molecule has 0 aromatic rings. The molecule has 0 saturated heterocycles. The monoisotopic (exact) mass is 253 g/mol. The molecular formula is C11H12ClN3O2. The third-order valence-corrected chi connectivity index (χ3v) is 2.33. The number of nitrogens with one attached hydrogen (secondary N) is 2. The normalized spacial score (nSPS) is 17.5. The van der Waals surface area contributed by atoms with Crippen LogP contribution in [0.2, 0.25) is 0 Å². The van der Waals surface area contributed by atoms with E-state index in [2.05, 4.69) is 11.9 Å². The van der Waals surface area contributed by atoms with Gasteiger partial charge in [-0.3, -0.25) is 10.1 Å². The average molecular weight is 254 g/mol. The Morgan fingerprint density at radius 3 is 2.82 bits per heavy atom. The van der Waals surface area contributed by atoms with Gasteiger partial charge in [-0.15, -0.1) is 0 Å². The van der Waals surface area contributed by atoms with Crippen molar-refractivity contribution in [1.29, 1.82) is 5.41 Å². The predicted molar refractivity (Wildman–Crippen MR) is 67.6 cm³/mol. The summed E-state index contributed by atoms with van der Waals surface area (Å²) in [7, 11) is 0. The summed E-state index contributed by atoms with van der Waals surface area (Å²) in [6.07, 6.45) is 3.89. The SMILES string of the molecule is C=C(C)CN/C(Cl)=C1/C=C([N+](=O)[O-])C=CC1=N. The molecule has 0 saturated carbocycles. The Morgan fingerprint density at radius 1 is 1.65 bits per heavy atom. The minimum Gasteiger partial charge on any atom is -0.372 e. The second-order valence-corrected chi connectivity index (χ2v) is 3.99. The van der Waals surface area contributed by atoms with E-state index in [1.165, 1.54) is 18.2 Å². The maximum absolute atomic E-state index is 10.6. The lowest BCUT2D eigenvalue weighted by molar-refractivity contribution is -0.419. The molecule has 0 aromatic carbocycles. The van der Waals surface area contributed by atoms with Crippen LogP contribution in [0.5, 0.6) is 0 Å². The van der Waals surface area contributed by atoms with Gasteiger partial charge in [-0.1, -0.05) is 23.8 Å². The highest BCUT2D eigenvalue weighted by molar-refractivity contribution is 6.33. The molecule has 0 aromatic heterocycles. The van der Waals surface area contributed by atoms with Crippen molar-refractivity contribution in [3.05, 3.63) is 56.9 Å². The molecule has 0 amide bonds. The van der Waals surface area contributed by atoms with Crippen LogP contribution in [0.15, 0.2) is 46.8 Å². The van der Waals surface area contributed by atoms with E-state index in [1.807, 2.05) is 6.92 Å². The summed E-state index contributed by atoms with van der Waals surface area (Å²) in [6.45, 7) is 5.98. The van der Waals surface area contributed by atoms with Crippen LogP contribution in [0.1, 0.15) is 6.92 Å². The summed E-state index contributed by atoms with van der Waals surface area (Å²) in [5, 5.41) is 21.3. The Bertz CT molecular complexity index is 475. The van der Waals surface area contributed by atoms with Gasteiger partial charge >= 0.3 is 0 Å². The first-order valence-electron chi connectivity index (χ1n) is 4.83. The minimum absolute atomic E-state index is 0.0914. The first-order chi connectivity index (χ1) is 7.91. The Labute approximate surface area is 104 Å². The molecule has 0 bridgehead atoms.